The first-order valence-electron chi connectivity index (χ1n) is 4.84. The molecule has 0 atom stereocenters. The van der Waals surface area contributed by atoms with Crippen molar-refractivity contribution in [1.29, 1.82) is 0 Å². The van der Waals surface area contributed by atoms with Crippen molar-refractivity contribution in [3.8, 4) is 0 Å². The molecule has 16 heavy (non-hydrogen) atoms. The lowest BCUT2D eigenvalue weighted by atomic mass is 10.2. The second-order valence-corrected chi connectivity index (χ2v) is 5.41. The number of nitrogens with zero attached hydrogens (tertiary/aromatic N) is 2. The van der Waals surface area contributed by atoms with E-state index in [0.29, 0.717) is 12.1 Å². The molecule has 2 rings (SSSR count). The van der Waals surface area contributed by atoms with Gasteiger partial charge in [-0.25, -0.2) is 0 Å². The number of rotatable bonds is 3. The Morgan fingerprint density at radius 3 is 2.81 bits per heavy atom. The highest BCUT2D eigenvalue weighted by Gasteiger charge is 2.12. The first-order valence-corrected chi connectivity index (χ1v) is 6.51. The highest BCUT2D eigenvalue weighted by atomic mass is 79.9. The zero-order valence-corrected chi connectivity index (χ0v) is 11.4. The lowest BCUT2D eigenvalue weighted by molar-refractivity contribution is 0.112. The average Bonchev–Trinajstić information content (AvgIpc) is 2.74. The predicted octanol–water partition coefficient (Wildman–Crippen LogP) is 3.18. The van der Waals surface area contributed by atoms with Gasteiger partial charge in [-0.2, -0.15) is 5.10 Å². The number of halogens is 1. The Bertz CT molecular complexity index is 530. The van der Waals surface area contributed by atoms with Gasteiger partial charge in [0.05, 0.1) is 17.8 Å². The standard InChI is InChI=1S/C11H11BrN2OS/c1-7-9(6-15)8(2)14(13-7)5-11-10(12)3-4-16-11/h3-4,6H,5H2,1-2H3. The third-order valence-corrected chi connectivity index (χ3v) is 4.45. The topological polar surface area (TPSA) is 34.9 Å². The van der Waals surface area contributed by atoms with Crippen LogP contribution in [0.3, 0.4) is 0 Å². The van der Waals surface area contributed by atoms with E-state index in [2.05, 4.69) is 21.0 Å². The molecule has 0 bridgehead atoms. The molecule has 0 aliphatic carbocycles. The van der Waals surface area contributed by atoms with E-state index < -0.39 is 0 Å². The summed E-state index contributed by atoms with van der Waals surface area (Å²) in [6.07, 6.45) is 0.873. The van der Waals surface area contributed by atoms with E-state index in [1.165, 1.54) is 4.88 Å². The summed E-state index contributed by atoms with van der Waals surface area (Å²) in [6, 6.07) is 2.02. The van der Waals surface area contributed by atoms with E-state index in [0.717, 1.165) is 22.1 Å². The van der Waals surface area contributed by atoms with E-state index in [1.54, 1.807) is 11.3 Å². The van der Waals surface area contributed by atoms with Crippen LogP contribution in [0.4, 0.5) is 0 Å². The minimum absolute atomic E-state index is 0.702. The van der Waals surface area contributed by atoms with Gasteiger partial charge in [-0.1, -0.05) is 0 Å². The fraction of sp³-hybridized carbons (Fsp3) is 0.273. The number of thiophene rings is 1. The number of aromatic nitrogens is 2. The van der Waals surface area contributed by atoms with Gasteiger partial charge in [-0.15, -0.1) is 11.3 Å². The summed E-state index contributed by atoms with van der Waals surface area (Å²) in [4.78, 5) is 12.1. The molecule has 0 saturated heterocycles. The van der Waals surface area contributed by atoms with Gasteiger partial charge in [-0.05, 0) is 41.2 Å². The number of aldehydes is 1. The number of aryl methyl sites for hydroxylation is 1. The van der Waals surface area contributed by atoms with E-state index >= 15 is 0 Å². The van der Waals surface area contributed by atoms with Gasteiger partial charge in [0.1, 0.15) is 0 Å². The zero-order chi connectivity index (χ0) is 11.7. The molecule has 0 fully saturated rings. The van der Waals surface area contributed by atoms with Gasteiger partial charge >= 0.3 is 0 Å². The summed E-state index contributed by atoms with van der Waals surface area (Å²) in [7, 11) is 0. The molecule has 2 aromatic rings. The first kappa shape index (κ1) is 11.5. The van der Waals surface area contributed by atoms with Gasteiger partial charge in [0.25, 0.3) is 0 Å². The molecule has 0 N–H and O–H groups in total. The minimum Gasteiger partial charge on any atom is -0.298 e. The van der Waals surface area contributed by atoms with E-state index in [9.17, 15) is 4.79 Å². The Labute approximate surface area is 106 Å². The van der Waals surface area contributed by atoms with Crippen molar-refractivity contribution in [1.82, 2.24) is 9.78 Å². The van der Waals surface area contributed by atoms with Crippen LogP contribution in [0, 0.1) is 13.8 Å². The molecule has 0 aromatic carbocycles. The number of carbonyl (C=O) groups excluding carboxylic acids is 1. The van der Waals surface area contributed by atoms with Crippen molar-refractivity contribution >= 4 is 33.6 Å². The molecule has 3 nitrogen and oxygen atoms in total. The van der Waals surface area contributed by atoms with Crippen LogP contribution in [0.5, 0.6) is 0 Å². The van der Waals surface area contributed by atoms with Gasteiger partial charge in [0.2, 0.25) is 0 Å². The van der Waals surface area contributed by atoms with Crippen molar-refractivity contribution in [2.24, 2.45) is 0 Å². The molecular weight excluding hydrogens is 288 g/mol. The molecule has 2 aromatic heterocycles. The minimum atomic E-state index is 0.702. The molecular formula is C11H11BrN2OS. The Balaban J connectivity index is 2.36. The fourth-order valence-corrected chi connectivity index (χ4v) is 3.07. The summed E-state index contributed by atoms with van der Waals surface area (Å²) in [6.45, 7) is 4.49. The highest BCUT2D eigenvalue weighted by Crippen LogP contribution is 2.24. The van der Waals surface area contributed by atoms with Gasteiger partial charge in [-0.3, -0.25) is 9.48 Å². The Morgan fingerprint density at radius 1 is 1.56 bits per heavy atom. The maximum atomic E-state index is 10.9. The average molecular weight is 299 g/mol. The molecule has 0 spiro atoms. The SMILES string of the molecule is Cc1nn(Cc2sccc2Br)c(C)c1C=O. The van der Waals surface area contributed by atoms with Crippen LogP contribution in [0.2, 0.25) is 0 Å². The van der Waals surface area contributed by atoms with Crippen molar-refractivity contribution in [2.75, 3.05) is 0 Å². The summed E-state index contributed by atoms with van der Waals surface area (Å²) < 4.78 is 2.97. The third-order valence-electron chi connectivity index (χ3n) is 2.54. The summed E-state index contributed by atoms with van der Waals surface area (Å²) in [5, 5.41) is 6.40. The smallest absolute Gasteiger partial charge is 0.153 e. The van der Waals surface area contributed by atoms with Crippen LogP contribution in [-0.4, -0.2) is 16.1 Å². The van der Waals surface area contributed by atoms with Gasteiger partial charge in [0.15, 0.2) is 6.29 Å². The van der Waals surface area contributed by atoms with Crippen LogP contribution in [0.15, 0.2) is 15.9 Å². The predicted molar refractivity (Wildman–Crippen MR) is 68.2 cm³/mol. The Morgan fingerprint density at radius 2 is 2.31 bits per heavy atom. The van der Waals surface area contributed by atoms with Gasteiger partial charge in [0, 0.05) is 15.0 Å². The first-order chi connectivity index (χ1) is 7.63. The second kappa shape index (κ2) is 4.51. The summed E-state index contributed by atoms with van der Waals surface area (Å²) in [5.41, 5.74) is 2.42. The van der Waals surface area contributed by atoms with Crippen LogP contribution in [0.1, 0.15) is 26.6 Å². The largest absolute Gasteiger partial charge is 0.298 e. The van der Waals surface area contributed by atoms with E-state index in [1.807, 2.05) is 30.0 Å². The molecule has 5 heteroatoms. The van der Waals surface area contributed by atoms with Gasteiger partial charge < -0.3 is 0 Å². The third kappa shape index (κ3) is 1.97. The lowest BCUT2D eigenvalue weighted by Gasteiger charge is -2.02. The number of hydrogen-bond donors (Lipinski definition) is 0. The molecule has 0 radical (unpaired) electrons. The molecule has 0 saturated carbocycles. The molecule has 0 aliphatic rings. The van der Waals surface area contributed by atoms with Crippen LogP contribution in [0.25, 0.3) is 0 Å². The molecule has 0 amide bonds. The monoisotopic (exact) mass is 298 g/mol. The molecule has 0 aliphatic heterocycles. The molecule has 0 unspecified atom stereocenters. The van der Waals surface area contributed by atoms with E-state index in [4.69, 9.17) is 0 Å². The normalized spacial score (nSPS) is 10.7. The number of carbonyl (C=O) groups is 1. The fourth-order valence-electron chi connectivity index (χ4n) is 1.61. The highest BCUT2D eigenvalue weighted by molar-refractivity contribution is 9.10. The maximum Gasteiger partial charge on any atom is 0.153 e. The van der Waals surface area contributed by atoms with Crippen LogP contribution < -0.4 is 0 Å². The number of hydrogen-bond acceptors (Lipinski definition) is 3. The Hall–Kier alpha value is -0.940. The summed E-state index contributed by atoms with van der Waals surface area (Å²) in [5.74, 6) is 0. The Kier molecular flexibility index (Phi) is 3.25. The maximum absolute atomic E-state index is 10.9. The zero-order valence-electron chi connectivity index (χ0n) is 9.03. The van der Waals surface area contributed by atoms with Crippen molar-refractivity contribution < 1.29 is 4.79 Å². The van der Waals surface area contributed by atoms with E-state index in [-0.39, 0.29) is 0 Å². The lowest BCUT2D eigenvalue weighted by Crippen LogP contribution is -2.03. The summed E-state index contributed by atoms with van der Waals surface area (Å²) >= 11 is 5.17. The second-order valence-electron chi connectivity index (χ2n) is 3.55. The van der Waals surface area contributed by atoms with Crippen molar-refractivity contribution in [3.63, 3.8) is 0 Å². The van der Waals surface area contributed by atoms with Crippen molar-refractivity contribution in [3.05, 3.63) is 37.7 Å². The van der Waals surface area contributed by atoms with Crippen LogP contribution >= 0.6 is 27.3 Å². The van der Waals surface area contributed by atoms with Crippen LogP contribution in [-0.2, 0) is 6.54 Å². The molecule has 84 valence electrons. The quantitative estimate of drug-likeness (QED) is 0.816. The van der Waals surface area contributed by atoms with Crippen molar-refractivity contribution in [2.45, 2.75) is 20.4 Å². The molecule has 2 heterocycles.